The average molecular weight is 241 g/mol. The van der Waals surface area contributed by atoms with Gasteiger partial charge in [0.1, 0.15) is 17.5 Å². The monoisotopic (exact) mass is 241 g/mol. The van der Waals surface area contributed by atoms with Gasteiger partial charge in [-0.3, -0.25) is 5.10 Å². The molecule has 7 heteroatoms. The van der Waals surface area contributed by atoms with Crippen molar-refractivity contribution in [2.45, 2.75) is 18.8 Å². The molecule has 90 valence electrons. The molecule has 1 aliphatic rings. The lowest BCUT2D eigenvalue weighted by Crippen LogP contribution is -2.02. The fourth-order valence-electron chi connectivity index (χ4n) is 1.66. The van der Waals surface area contributed by atoms with Crippen LogP contribution in [0, 0.1) is 11.3 Å². The number of nitriles is 1. The lowest BCUT2D eigenvalue weighted by Gasteiger charge is -2.01. The minimum Gasteiger partial charge on any atom is -0.382 e. The van der Waals surface area contributed by atoms with Gasteiger partial charge in [-0.2, -0.15) is 15.3 Å². The van der Waals surface area contributed by atoms with Crippen LogP contribution in [0.4, 0.5) is 17.6 Å². The molecule has 0 aromatic carbocycles. The Kier molecular flexibility index (Phi) is 2.34. The number of hydrogen-bond acceptors (Lipinski definition) is 6. The van der Waals surface area contributed by atoms with Gasteiger partial charge < -0.3 is 11.1 Å². The zero-order valence-electron chi connectivity index (χ0n) is 9.51. The largest absolute Gasteiger partial charge is 0.382 e. The van der Waals surface area contributed by atoms with E-state index in [1.165, 1.54) is 19.0 Å². The first-order valence-corrected chi connectivity index (χ1v) is 5.61. The third-order valence-electron chi connectivity index (χ3n) is 2.79. The highest BCUT2D eigenvalue weighted by atomic mass is 15.2. The second kappa shape index (κ2) is 4.00. The summed E-state index contributed by atoms with van der Waals surface area (Å²) in [5.41, 5.74) is 7.00. The lowest BCUT2D eigenvalue weighted by molar-refractivity contribution is 0.965. The van der Waals surface area contributed by atoms with Crippen molar-refractivity contribution in [1.82, 2.24) is 20.2 Å². The summed E-state index contributed by atoms with van der Waals surface area (Å²) in [6, 6.07) is 3.85. The van der Waals surface area contributed by atoms with Gasteiger partial charge in [0.2, 0.25) is 5.95 Å². The van der Waals surface area contributed by atoms with Gasteiger partial charge in [-0.25, -0.2) is 4.98 Å². The molecule has 0 radical (unpaired) electrons. The maximum absolute atomic E-state index is 8.72. The molecule has 0 atom stereocenters. The van der Waals surface area contributed by atoms with Gasteiger partial charge in [0.05, 0.1) is 6.20 Å². The third kappa shape index (κ3) is 1.96. The van der Waals surface area contributed by atoms with E-state index in [2.05, 4.69) is 25.5 Å². The van der Waals surface area contributed by atoms with Crippen LogP contribution in [0.1, 0.15) is 30.0 Å². The highest BCUT2D eigenvalue weighted by Gasteiger charge is 2.25. The Morgan fingerprint density at radius 3 is 3.00 bits per heavy atom. The van der Waals surface area contributed by atoms with E-state index in [-0.39, 0.29) is 11.4 Å². The second-order valence-corrected chi connectivity index (χ2v) is 4.21. The number of rotatable bonds is 3. The summed E-state index contributed by atoms with van der Waals surface area (Å²) >= 11 is 0. The molecule has 7 nitrogen and oxygen atoms in total. The van der Waals surface area contributed by atoms with E-state index in [0.717, 1.165) is 5.69 Å². The van der Waals surface area contributed by atoms with Gasteiger partial charge in [-0.05, 0) is 12.8 Å². The zero-order chi connectivity index (χ0) is 12.5. The highest BCUT2D eigenvalue weighted by molar-refractivity contribution is 5.54. The molecule has 4 N–H and O–H groups in total. The second-order valence-electron chi connectivity index (χ2n) is 4.21. The van der Waals surface area contributed by atoms with Crippen molar-refractivity contribution in [1.29, 1.82) is 5.26 Å². The van der Waals surface area contributed by atoms with Gasteiger partial charge in [-0.15, -0.1) is 0 Å². The first-order valence-electron chi connectivity index (χ1n) is 5.61. The maximum atomic E-state index is 8.72. The predicted octanol–water partition coefficient (Wildman–Crippen LogP) is 1.27. The Hall–Kier alpha value is -2.62. The number of nitrogens with one attached hydrogen (secondary N) is 2. The van der Waals surface area contributed by atoms with Crippen LogP contribution in [0.15, 0.2) is 12.3 Å². The Morgan fingerprint density at radius 2 is 2.33 bits per heavy atom. The molecule has 1 fully saturated rings. The molecular formula is C11H11N7. The normalized spacial score (nSPS) is 14.2. The minimum absolute atomic E-state index is 0.160. The van der Waals surface area contributed by atoms with Crippen LogP contribution in [0.5, 0.6) is 0 Å². The van der Waals surface area contributed by atoms with Crippen molar-refractivity contribution in [2.24, 2.45) is 0 Å². The van der Waals surface area contributed by atoms with Crippen LogP contribution in [0.25, 0.3) is 0 Å². The van der Waals surface area contributed by atoms with Crippen molar-refractivity contribution < 1.29 is 0 Å². The first kappa shape index (κ1) is 10.5. The molecule has 2 aromatic heterocycles. The Labute approximate surface area is 103 Å². The number of nitrogens with two attached hydrogens (primary N) is 1. The molecule has 2 heterocycles. The molecule has 0 amide bonds. The molecule has 0 unspecified atom stereocenters. The van der Waals surface area contributed by atoms with E-state index >= 15 is 0 Å². The summed E-state index contributed by atoms with van der Waals surface area (Å²) in [6.45, 7) is 0. The van der Waals surface area contributed by atoms with Gasteiger partial charge in [0, 0.05) is 17.7 Å². The molecule has 1 saturated carbocycles. The van der Waals surface area contributed by atoms with Gasteiger partial charge >= 0.3 is 0 Å². The van der Waals surface area contributed by atoms with Crippen molar-refractivity contribution in [2.75, 3.05) is 11.1 Å². The standard InChI is InChI=1S/C11H11N7/c12-4-7-5-14-11(16-10(7)13)15-9-3-8(17-18-9)6-1-2-6/h3,5-6H,1-2H2,(H4,13,14,15,16,17,18). The maximum Gasteiger partial charge on any atom is 0.230 e. The highest BCUT2D eigenvalue weighted by Crippen LogP contribution is 2.39. The Balaban J connectivity index is 1.78. The number of aromatic amines is 1. The summed E-state index contributed by atoms with van der Waals surface area (Å²) < 4.78 is 0. The number of H-pyrrole nitrogens is 1. The van der Waals surface area contributed by atoms with E-state index in [4.69, 9.17) is 11.0 Å². The third-order valence-corrected chi connectivity index (χ3v) is 2.79. The van der Waals surface area contributed by atoms with Gasteiger partial charge in [0.25, 0.3) is 0 Å². The Morgan fingerprint density at radius 1 is 1.50 bits per heavy atom. The number of nitrogens with zero attached hydrogens (tertiary/aromatic N) is 4. The van der Waals surface area contributed by atoms with Gasteiger partial charge in [-0.1, -0.05) is 0 Å². The summed E-state index contributed by atoms with van der Waals surface area (Å²) in [5.74, 6) is 1.76. The first-order chi connectivity index (χ1) is 8.76. The predicted molar refractivity (Wildman–Crippen MR) is 65.0 cm³/mol. The van der Waals surface area contributed by atoms with Crippen LogP contribution < -0.4 is 11.1 Å². The van der Waals surface area contributed by atoms with Crippen molar-refractivity contribution in [3.05, 3.63) is 23.5 Å². The van der Waals surface area contributed by atoms with Crippen molar-refractivity contribution in [3.8, 4) is 6.07 Å². The fraction of sp³-hybridized carbons (Fsp3) is 0.273. The minimum atomic E-state index is 0.160. The number of anilines is 3. The van der Waals surface area contributed by atoms with Crippen LogP contribution >= 0.6 is 0 Å². The smallest absolute Gasteiger partial charge is 0.230 e. The topological polar surface area (TPSA) is 116 Å². The number of aromatic nitrogens is 4. The molecule has 3 rings (SSSR count). The molecule has 0 aliphatic heterocycles. The number of nitrogen functional groups attached to an aromatic ring is 1. The van der Waals surface area contributed by atoms with E-state index in [1.54, 1.807) is 0 Å². The Bertz CT molecular complexity index is 621. The molecule has 1 aliphatic carbocycles. The van der Waals surface area contributed by atoms with Crippen molar-refractivity contribution >= 4 is 17.6 Å². The quantitative estimate of drug-likeness (QED) is 0.745. The molecule has 0 bridgehead atoms. The van der Waals surface area contributed by atoms with Gasteiger partial charge in [0.15, 0.2) is 5.82 Å². The summed E-state index contributed by atoms with van der Waals surface area (Å²) in [6.07, 6.45) is 3.81. The van der Waals surface area contributed by atoms with E-state index in [0.29, 0.717) is 17.7 Å². The fourth-order valence-corrected chi connectivity index (χ4v) is 1.66. The average Bonchev–Trinajstić information content (AvgIpc) is 3.11. The molecule has 0 spiro atoms. The van der Waals surface area contributed by atoms with E-state index < -0.39 is 0 Å². The van der Waals surface area contributed by atoms with Crippen LogP contribution in [0.3, 0.4) is 0 Å². The van der Waals surface area contributed by atoms with Crippen molar-refractivity contribution in [3.63, 3.8) is 0 Å². The van der Waals surface area contributed by atoms with Crippen LogP contribution in [-0.2, 0) is 0 Å². The molecular weight excluding hydrogens is 230 g/mol. The van der Waals surface area contributed by atoms with E-state index in [9.17, 15) is 0 Å². The van der Waals surface area contributed by atoms with Crippen LogP contribution in [-0.4, -0.2) is 20.2 Å². The van der Waals surface area contributed by atoms with E-state index in [1.807, 2.05) is 12.1 Å². The molecule has 18 heavy (non-hydrogen) atoms. The number of hydrogen-bond donors (Lipinski definition) is 3. The lowest BCUT2D eigenvalue weighted by atomic mass is 10.3. The summed E-state index contributed by atoms with van der Waals surface area (Å²) in [7, 11) is 0. The summed E-state index contributed by atoms with van der Waals surface area (Å²) in [5, 5.41) is 18.8. The molecule has 0 saturated heterocycles. The van der Waals surface area contributed by atoms with Crippen LogP contribution in [0.2, 0.25) is 0 Å². The SMILES string of the molecule is N#Cc1cnc(Nc2cc(C3CC3)[nH]n2)nc1N. The summed E-state index contributed by atoms with van der Waals surface area (Å²) in [4.78, 5) is 7.98. The zero-order valence-corrected chi connectivity index (χ0v) is 9.51. The molecule has 2 aromatic rings.